The van der Waals surface area contributed by atoms with Gasteiger partial charge in [-0.15, -0.1) is 0 Å². The molecule has 1 aliphatic heterocycles. The Balaban J connectivity index is 2.58. The minimum absolute atomic E-state index is 0.152. The van der Waals surface area contributed by atoms with E-state index in [1.54, 1.807) is 13.0 Å². The fraction of sp³-hybridized carbons (Fsp3) is 0.200. The number of nitrogens with one attached hydrogen (secondary N) is 2. The zero-order valence-corrected chi connectivity index (χ0v) is 10.9. The maximum absolute atomic E-state index is 11.7. The van der Waals surface area contributed by atoms with Crippen LogP contribution in [0.25, 0.3) is 0 Å². The molecule has 0 radical (unpaired) electrons. The lowest BCUT2D eigenvalue weighted by Gasteiger charge is -2.23. The number of rotatable bonds is 1. The zero-order valence-electron chi connectivity index (χ0n) is 8.61. The van der Waals surface area contributed by atoms with Gasteiger partial charge in [0, 0.05) is 5.56 Å². The molecule has 17 heavy (non-hydrogen) atoms. The SMILES string of the molecule is CC1(c2ccc(Cl)c(Cl)c2Cl)NC(=O)NC1=O. The van der Waals surface area contributed by atoms with Crippen molar-refractivity contribution in [3.63, 3.8) is 0 Å². The number of urea groups is 1. The zero-order chi connectivity index (χ0) is 12.8. The summed E-state index contributed by atoms with van der Waals surface area (Å²) in [7, 11) is 0. The molecule has 1 atom stereocenters. The standard InChI is InChI=1S/C10H7Cl3N2O2/c1-10(8(16)14-9(17)15-10)4-2-3-5(11)7(13)6(4)12/h2-3H,1H3,(H2,14,15,16,17). The smallest absolute Gasteiger partial charge is 0.320 e. The molecule has 3 amide bonds. The highest BCUT2D eigenvalue weighted by molar-refractivity contribution is 6.48. The summed E-state index contributed by atoms with van der Waals surface area (Å²) in [5.41, 5.74) is -0.834. The second kappa shape index (κ2) is 4.05. The van der Waals surface area contributed by atoms with Gasteiger partial charge in [-0.05, 0) is 13.0 Å². The average Bonchev–Trinajstić information content (AvgIpc) is 2.50. The third-order valence-electron chi connectivity index (χ3n) is 2.62. The topological polar surface area (TPSA) is 58.2 Å². The second-order valence-corrected chi connectivity index (χ2v) is 4.92. The summed E-state index contributed by atoms with van der Waals surface area (Å²) in [6.07, 6.45) is 0. The van der Waals surface area contributed by atoms with Gasteiger partial charge in [-0.25, -0.2) is 4.79 Å². The minimum atomic E-state index is -1.23. The van der Waals surface area contributed by atoms with E-state index in [-0.39, 0.29) is 15.1 Å². The Hall–Kier alpha value is -0.970. The first-order valence-corrected chi connectivity index (χ1v) is 5.77. The highest BCUT2D eigenvalue weighted by Gasteiger charge is 2.45. The number of imide groups is 1. The van der Waals surface area contributed by atoms with Gasteiger partial charge in [-0.3, -0.25) is 10.1 Å². The monoisotopic (exact) mass is 292 g/mol. The lowest BCUT2D eigenvalue weighted by atomic mass is 9.92. The first-order chi connectivity index (χ1) is 7.86. The van der Waals surface area contributed by atoms with E-state index in [0.717, 1.165) is 0 Å². The number of amides is 3. The number of hydrogen-bond acceptors (Lipinski definition) is 2. The Morgan fingerprint density at radius 3 is 2.29 bits per heavy atom. The molecule has 1 heterocycles. The molecular weight excluding hydrogens is 286 g/mol. The molecular formula is C10H7Cl3N2O2. The van der Waals surface area contributed by atoms with E-state index in [9.17, 15) is 9.59 Å². The summed E-state index contributed by atoms with van der Waals surface area (Å²) in [5, 5.41) is 5.23. The van der Waals surface area contributed by atoms with Gasteiger partial charge in [0.05, 0.1) is 15.1 Å². The van der Waals surface area contributed by atoms with E-state index in [4.69, 9.17) is 34.8 Å². The van der Waals surface area contributed by atoms with E-state index >= 15 is 0 Å². The summed E-state index contributed by atoms with van der Waals surface area (Å²) in [6, 6.07) is 2.51. The second-order valence-electron chi connectivity index (χ2n) is 3.76. The lowest BCUT2D eigenvalue weighted by molar-refractivity contribution is -0.123. The predicted molar refractivity (Wildman–Crippen MR) is 65.5 cm³/mol. The lowest BCUT2D eigenvalue weighted by Crippen LogP contribution is -2.40. The fourth-order valence-electron chi connectivity index (χ4n) is 1.64. The van der Waals surface area contributed by atoms with Crippen LogP contribution in [0.1, 0.15) is 12.5 Å². The van der Waals surface area contributed by atoms with Gasteiger partial charge in [0.2, 0.25) is 0 Å². The predicted octanol–water partition coefficient (Wildman–Crippen LogP) is 2.70. The van der Waals surface area contributed by atoms with Crippen LogP contribution in [-0.4, -0.2) is 11.9 Å². The van der Waals surface area contributed by atoms with Crippen molar-refractivity contribution in [2.45, 2.75) is 12.5 Å². The van der Waals surface area contributed by atoms with E-state index in [2.05, 4.69) is 10.6 Å². The number of benzene rings is 1. The largest absolute Gasteiger partial charge is 0.322 e. The Kier molecular flexibility index (Phi) is 2.97. The molecule has 1 fully saturated rings. The maximum Gasteiger partial charge on any atom is 0.322 e. The molecule has 1 aromatic rings. The van der Waals surface area contributed by atoms with E-state index in [1.807, 2.05) is 0 Å². The Morgan fingerprint density at radius 2 is 1.76 bits per heavy atom. The van der Waals surface area contributed by atoms with Crippen LogP contribution in [0, 0.1) is 0 Å². The van der Waals surface area contributed by atoms with E-state index in [0.29, 0.717) is 5.56 Å². The molecule has 1 aliphatic rings. The fourth-order valence-corrected chi connectivity index (χ4v) is 2.37. The van der Waals surface area contributed by atoms with Crippen molar-refractivity contribution in [1.82, 2.24) is 10.6 Å². The Labute approximate surface area is 112 Å². The van der Waals surface area contributed by atoms with Crippen LogP contribution in [0.2, 0.25) is 15.1 Å². The third-order valence-corrected chi connectivity index (χ3v) is 3.91. The molecule has 0 aliphatic carbocycles. The molecule has 0 aromatic heterocycles. The molecule has 2 N–H and O–H groups in total. The van der Waals surface area contributed by atoms with Crippen molar-refractivity contribution in [1.29, 1.82) is 0 Å². The van der Waals surface area contributed by atoms with Gasteiger partial charge in [-0.2, -0.15) is 0 Å². The summed E-state index contributed by atoms with van der Waals surface area (Å²) in [5.74, 6) is -0.484. The number of carbonyl (C=O) groups excluding carboxylic acids is 2. The van der Waals surface area contributed by atoms with Crippen molar-refractivity contribution >= 4 is 46.7 Å². The van der Waals surface area contributed by atoms with Gasteiger partial charge in [0.1, 0.15) is 5.54 Å². The normalized spacial score (nSPS) is 23.5. The van der Waals surface area contributed by atoms with Crippen LogP contribution in [0.15, 0.2) is 12.1 Å². The van der Waals surface area contributed by atoms with Gasteiger partial charge in [-0.1, -0.05) is 40.9 Å². The Morgan fingerprint density at radius 1 is 1.12 bits per heavy atom. The van der Waals surface area contributed by atoms with Crippen LogP contribution in [0.4, 0.5) is 4.79 Å². The van der Waals surface area contributed by atoms with Crippen molar-refractivity contribution < 1.29 is 9.59 Å². The van der Waals surface area contributed by atoms with Crippen molar-refractivity contribution in [3.05, 3.63) is 32.8 Å². The average molecular weight is 294 g/mol. The van der Waals surface area contributed by atoms with Gasteiger partial charge in [0.25, 0.3) is 5.91 Å². The van der Waals surface area contributed by atoms with Crippen LogP contribution < -0.4 is 10.6 Å². The molecule has 1 unspecified atom stereocenters. The number of carbonyl (C=O) groups is 2. The van der Waals surface area contributed by atoms with Crippen molar-refractivity contribution in [3.8, 4) is 0 Å². The molecule has 7 heteroatoms. The molecule has 4 nitrogen and oxygen atoms in total. The maximum atomic E-state index is 11.7. The van der Waals surface area contributed by atoms with Gasteiger partial charge < -0.3 is 5.32 Å². The molecule has 0 saturated carbocycles. The van der Waals surface area contributed by atoms with Gasteiger partial charge in [0.15, 0.2) is 0 Å². The van der Waals surface area contributed by atoms with Crippen LogP contribution >= 0.6 is 34.8 Å². The van der Waals surface area contributed by atoms with Crippen LogP contribution in [0.5, 0.6) is 0 Å². The van der Waals surface area contributed by atoms with Crippen molar-refractivity contribution in [2.24, 2.45) is 0 Å². The molecule has 2 rings (SSSR count). The molecule has 0 spiro atoms. The highest BCUT2D eigenvalue weighted by Crippen LogP contribution is 2.38. The summed E-state index contributed by atoms with van der Waals surface area (Å²) >= 11 is 17.7. The minimum Gasteiger partial charge on any atom is -0.320 e. The quantitative estimate of drug-likeness (QED) is 0.618. The number of halogens is 3. The summed E-state index contributed by atoms with van der Waals surface area (Å²) in [6.45, 7) is 1.54. The molecule has 1 aromatic carbocycles. The molecule has 1 saturated heterocycles. The van der Waals surface area contributed by atoms with Crippen molar-refractivity contribution in [2.75, 3.05) is 0 Å². The first kappa shape index (κ1) is 12.5. The Bertz CT molecular complexity index is 533. The van der Waals surface area contributed by atoms with E-state index in [1.165, 1.54) is 6.07 Å². The molecule has 90 valence electrons. The van der Waals surface area contributed by atoms with Crippen LogP contribution in [0.3, 0.4) is 0 Å². The highest BCUT2D eigenvalue weighted by atomic mass is 35.5. The third kappa shape index (κ3) is 1.86. The summed E-state index contributed by atoms with van der Waals surface area (Å²) < 4.78 is 0. The molecule has 0 bridgehead atoms. The van der Waals surface area contributed by atoms with E-state index < -0.39 is 17.5 Å². The summed E-state index contributed by atoms with van der Waals surface area (Å²) in [4.78, 5) is 22.9. The van der Waals surface area contributed by atoms with Crippen LogP contribution in [-0.2, 0) is 10.3 Å². The first-order valence-electron chi connectivity index (χ1n) is 4.64. The van der Waals surface area contributed by atoms with Gasteiger partial charge >= 0.3 is 6.03 Å². The number of hydrogen-bond donors (Lipinski definition) is 2.